The van der Waals surface area contributed by atoms with E-state index in [4.69, 9.17) is 4.74 Å². The van der Waals surface area contributed by atoms with E-state index in [0.29, 0.717) is 18.1 Å². The first kappa shape index (κ1) is 23.7. The summed E-state index contributed by atoms with van der Waals surface area (Å²) in [4.78, 5) is 16.7. The second kappa shape index (κ2) is 12.1. The highest BCUT2D eigenvalue weighted by molar-refractivity contribution is 5.78. The largest absolute Gasteiger partial charge is 0.381 e. The molecule has 8 heteroatoms. The van der Waals surface area contributed by atoms with Crippen molar-refractivity contribution in [3.05, 3.63) is 18.7 Å². The van der Waals surface area contributed by atoms with Crippen molar-refractivity contribution in [2.75, 3.05) is 26.7 Å². The van der Waals surface area contributed by atoms with Crippen LogP contribution in [0, 0.1) is 17.8 Å². The Morgan fingerprint density at radius 1 is 1.12 bits per heavy atom. The van der Waals surface area contributed by atoms with Gasteiger partial charge >= 0.3 is 0 Å². The van der Waals surface area contributed by atoms with E-state index in [1.807, 2.05) is 24.2 Å². The van der Waals surface area contributed by atoms with Gasteiger partial charge in [0, 0.05) is 57.6 Å². The van der Waals surface area contributed by atoms with E-state index >= 15 is 0 Å². The van der Waals surface area contributed by atoms with Gasteiger partial charge in [-0.15, -0.1) is 0 Å². The van der Waals surface area contributed by atoms with Gasteiger partial charge in [0.2, 0.25) is 5.91 Å². The number of carbonyl (C=O) groups is 1. The van der Waals surface area contributed by atoms with Gasteiger partial charge in [-0.1, -0.05) is 6.42 Å². The Bertz CT molecular complexity index is 668. The lowest BCUT2D eigenvalue weighted by Crippen LogP contribution is -2.63. The Morgan fingerprint density at radius 3 is 2.66 bits per heavy atom. The first-order chi connectivity index (χ1) is 15.7. The van der Waals surface area contributed by atoms with Gasteiger partial charge in [-0.05, 0) is 63.2 Å². The molecule has 2 aliphatic carbocycles. The fourth-order valence-electron chi connectivity index (χ4n) is 5.78. The van der Waals surface area contributed by atoms with Gasteiger partial charge < -0.3 is 14.6 Å². The lowest BCUT2D eigenvalue weighted by molar-refractivity contribution is -0.126. The number of rotatable bonds is 9. The van der Waals surface area contributed by atoms with E-state index in [1.54, 1.807) is 6.20 Å². The third-order valence-electron chi connectivity index (χ3n) is 7.79. The van der Waals surface area contributed by atoms with Crippen molar-refractivity contribution in [3.8, 4) is 0 Å². The maximum Gasteiger partial charge on any atom is 0.223 e. The number of aromatic nitrogens is 2. The molecule has 2 unspecified atom stereocenters. The maximum atomic E-state index is 12.7. The molecule has 0 spiro atoms. The Kier molecular flexibility index (Phi) is 8.96. The van der Waals surface area contributed by atoms with Gasteiger partial charge in [0.15, 0.2) is 0 Å². The Hall–Kier alpha value is -1.48. The number of nitrogens with one attached hydrogen (secondary N) is 4. The van der Waals surface area contributed by atoms with Gasteiger partial charge in [0.05, 0.1) is 12.4 Å². The summed E-state index contributed by atoms with van der Waals surface area (Å²) in [6.45, 7) is 3.76. The zero-order valence-corrected chi connectivity index (χ0v) is 19.6. The van der Waals surface area contributed by atoms with Crippen LogP contribution in [0.5, 0.6) is 0 Å². The van der Waals surface area contributed by atoms with Crippen LogP contribution in [0.15, 0.2) is 18.7 Å². The van der Waals surface area contributed by atoms with E-state index < -0.39 is 0 Å². The van der Waals surface area contributed by atoms with Crippen molar-refractivity contribution in [1.82, 2.24) is 30.8 Å². The molecule has 180 valence electrons. The standard InChI is InChI=1S/C24H42N6O2/c1-32-22-8-6-18(7-9-22)20-15-27-24(28-16-20)29-21-5-2-4-19(14-21)23(31)26-10-3-12-30-13-11-25-17-30/h11,13,17-22,24,27-29H,2-10,12,14-16H2,1H3,(H,26,31). The van der Waals surface area contributed by atoms with Crippen LogP contribution in [0.1, 0.15) is 57.8 Å². The van der Waals surface area contributed by atoms with Crippen LogP contribution in [-0.2, 0) is 16.1 Å². The summed E-state index contributed by atoms with van der Waals surface area (Å²) in [5.41, 5.74) is 0. The molecule has 3 aliphatic rings. The molecule has 2 saturated carbocycles. The summed E-state index contributed by atoms with van der Waals surface area (Å²) in [5, 5.41) is 14.2. The van der Waals surface area contributed by atoms with Crippen LogP contribution in [0.25, 0.3) is 0 Å². The summed E-state index contributed by atoms with van der Waals surface area (Å²) in [7, 11) is 1.84. The van der Waals surface area contributed by atoms with Crippen molar-refractivity contribution < 1.29 is 9.53 Å². The number of ether oxygens (including phenoxy) is 1. The minimum absolute atomic E-state index is 0.127. The number of methoxy groups -OCH3 is 1. The molecule has 4 rings (SSSR count). The number of amides is 1. The highest BCUT2D eigenvalue weighted by Crippen LogP contribution is 2.32. The summed E-state index contributed by atoms with van der Waals surface area (Å²) in [6, 6.07) is 0.393. The Labute approximate surface area is 192 Å². The predicted octanol–water partition coefficient (Wildman–Crippen LogP) is 1.84. The van der Waals surface area contributed by atoms with Gasteiger partial charge in [0.1, 0.15) is 6.29 Å². The third-order valence-corrected chi connectivity index (χ3v) is 7.79. The highest BCUT2D eigenvalue weighted by atomic mass is 16.5. The average Bonchev–Trinajstić information content (AvgIpc) is 3.36. The fraction of sp³-hybridized carbons (Fsp3) is 0.833. The third kappa shape index (κ3) is 6.76. The normalized spacial score (nSPS) is 33.7. The molecule has 32 heavy (non-hydrogen) atoms. The molecule has 1 aliphatic heterocycles. The van der Waals surface area contributed by atoms with Crippen molar-refractivity contribution in [2.45, 2.75) is 82.8 Å². The number of hydrogen-bond donors (Lipinski definition) is 4. The van der Waals surface area contributed by atoms with Crippen LogP contribution in [0.4, 0.5) is 0 Å². The molecule has 0 bridgehead atoms. The van der Waals surface area contributed by atoms with E-state index in [2.05, 4.69) is 26.3 Å². The molecule has 1 aromatic heterocycles. The van der Waals surface area contributed by atoms with Gasteiger partial charge in [-0.3, -0.25) is 20.7 Å². The molecular formula is C24H42N6O2. The Morgan fingerprint density at radius 2 is 1.94 bits per heavy atom. The summed E-state index contributed by atoms with van der Waals surface area (Å²) in [6.07, 6.45) is 16.3. The minimum atomic E-state index is 0.127. The lowest BCUT2D eigenvalue weighted by Gasteiger charge is -2.40. The van der Waals surface area contributed by atoms with Crippen LogP contribution in [0.3, 0.4) is 0 Å². The fourth-order valence-corrected chi connectivity index (χ4v) is 5.78. The van der Waals surface area contributed by atoms with Gasteiger partial charge in [-0.2, -0.15) is 0 Å². The van der Waals surface area contributed by atoms with Crippen LogP contribution in [0.2, 0.25) is 0 Å². The minimum Gasteiger partial charge on any atom is -0.381 e. The quantitative estimate of drug-likeness (QED) is 0.433. The smallest absolute Gasteiger partial charge is 0.223 e. The van der Waals surface area contributed by atoms with E-state index in [-0.39, 0.29) is 18.1 Å². The van der Waals surface area contributed by atoms with Crippen molar-refractivity contribution in [2.24, 2.45) is 17.8 Å². The number of imidazole rings is 1. The predicted molar refractivity (Wildman–Crippen MR) is 125 cm³/mol. The Balaban J connectivity index is 1.12. The molecule has 0 radical (unpaired) electrons. The molecule has 1 aromatic rings. The zero-order valence-electron chi connectivity index (χ0n) is 19.6. The van der Waals surface area contributed by atoms with Crippen LogP contribution < -0.4 is 21.3 Å². The number of hydrogen-bond acceptors (Lipinski definition) is 6. The van der Waals surface area contributed by atoms with E-state index in [0.717, 1.165) is 64.2 Å². The monoisotopic (exact) mass is 446 g/mol. The molecule has 3 fully saturated rings. The van der Waals surface area contributed by atoms with Gasteiger partial charge in [0.25, 0.3) is 0 Å². The SMILES string of the molecule is COC1CCC(C2CNC(NC3CCCC(C(=O)NCCCn4ccnc4)C3)NC2)CC1. The zero-order chi connectivity index (χ0) is 22.2. The van der Waals surface area contributed by atoms with E-state index in [9.17, 15) is 4.79 Å². The highest BCUT2D eigenvalue weighted by Gasteiger charge is 2.32. The first-order valence-electron chi connectivity index (χ1n) is 12.7. The van der Waals surface area contributed by atoms with Crippen LogP contribution in [-0.4, -0.2) is 60.6 Å². The van der Waals surface area contributed by atoms with Gasteiger partial charge in [-0.25, -0.2) is 4.98 Å². The van der Waals surface area contributed by atoms with Crippen LogP contribution >= 0.6 is 0 Å². The van der Waals surface area contributed by atoms with Crippen molar-refractivity contribution in [1.29, 1.82) is 0 Å². The molecule has 0 aromatic carbocycles. The first-order valence-corrected chi connectivity index (χ1v) is 12.7. The molecule has 2 heterocycles. The second-order valence-electron chi connectivity index (χ2n) is 9.95. The number of aryl methyl sites for hydroxylation is 1. The second-order valence-corrected chi connectivity index (χ2v) is 9.95. The lowest BCUT2D eigenvalue weighted by atomic mass is 9.78. The average molecular weight is 447 g/mol. The number of nitrogens with zero attached hydrogens (tertiary/aromatic N) is 2. The molecule has 4 N–H and O–H groups in total. The van der Waals surface area contributed by atoms with Crippen molar-refractivity contribution >= 4 is 5.91 Å². The summed E-state index contributed by atoms with van der Waals surface area (Å²) < 4.78 is 7.57. The summed E-state index contributed by atoms with van der Waals surface area (Å²) >= 11 is 0. The molecule has 2 atom stereocenters. The van der Waals surface area contributed by atoms with Crippen molar-refractivity contribution in [3.63, 3.8) is 0 Å². The molecule has 1 amide bonds. The number of carbonyl (C=O) groups excluding carboxylic acids is 1. The summed E-state index contributed by atoms with van der Waals surface area (Å²) in [5.74, 6) is 1.86. The van der Waals surface area contributed by atoms with E-state index in [1.165, 1.54) is 25.7 Å². The maximum absolute atomic E-state index is 12.7. The molecule has 1 saturated heterocycles. The topological polar surface area (TPSA) is 92.2 Å². The molecule has 8 nitrogen and oxygen atoms in total. The molecular weight excluding hydrogens is 404 g/mol.